The third-order valence-electron chi connectivity index (χ3n) is 6.85. The van der Waals surface area contributed by atoms with Crippen molar-refractivity contribution < 1.29 is 19.1 Å². The summed E-state index contributed by atoms with van der Waals surface area (Å²) in [4.78, 5) is 12.0. The Morgan fingerprint density at radius 3 is 1.41 bits per heavy atom. The maximum atomic E-state index is 12.0. The van der Waals surface area contributed by atoms with Crippen LogP contribution in [0.5, 0.6) is 11.5 Å². The molecule has 0 amide bonds. The summed E-state index contributed by atoms with van der Waals surface area (Å²) in [7, 11) is 0. The number of unbranched alkanes of at least 4 members (excludes halogenated alkanes) is 19. The van der Waals surface area contributed by atoms with Crippen molar-refractivity contribution in [1.29, 1.82) is 0 Å². The molecule has 1 heterocycles. The van der Waals surface area contributed by atoms with Gasteiger partial charge >= 0.3 is 5.97 Å². The minimum absolute atomic E-state index is 0.0307. The number of aryl methyl sites for hydroxylation is 2. The van der Waals surface area contributed by atoms with Crippen molar-refractivity contribution in [1.82, 2.24) is 0 Å². The highest BCUT2D eigenvalue weighted by Crippen LogP contribution is 2.37. The lowest BCUT2D eigenvalue weighted by molar-refractivity contribution is -0.134. The van der Waals surface area contributed by atoms with Crippen molar-refractivity contribution in [3.8, 4) is 11.5 Å². The van der Waals surface area contributed by atoms with Crippen LogP contribution >= 0.6 is 0 Å². The summed E-state index contributed by atoms with van der Waals surface area (Å²) in [5, 5.41) is 10.0. The number of hydrogen-bond donors (Lipinski definition) is 1. The normalized spacial score (nSPS) is 11.3. The first-order valence-electron chi connectivity index (χ1n) is 14.6. The smallest absolute Gasteiger partial charge is 0.311 e. The molecule has 34 heavy (non-hydrogen) atoms. The van der Waals surface area contributed by atoms with Gasteiger partial charge in [0, 0.05) is 12.8 Å². The highest BCUT2D eigenvalue weighted by Gasteiger charge is 2.19. The van der Waals surface area contributed by atoms with E-state index in [9.17, 15) is 9.90 Å². The van der Waals surface area contributed by atoms with Gasteiger partial charge in [-0.2, -0.15) is 0 Å². The Morgan fingerprint density at radius 1 is 0.676 bits per heavy atom. The number of rotatable bonds is 23. The minimum Gasteiger partial charge on any atom is -0.502 e. The second-order valence-corrected chi connectivity index (χ2v) is 10.1. The van der Waals surface area contributed by atoms with E-state index in [0.717, 1.165) is 12.8 Å². The first-order valence-corrected chi connectivity index (χ1v) is 14.6. The molecular formula is C30H54O4. The van der Waals surface area contributed by atoms with Gasteiger partial charge in [-0.25, -0.2) is 0 Å². The number of ether oxygens (including phenoxy) is 1. The first kappa shape index (κ1) is 30.6. The number of carbonyl (C=O) groups is 1. The fraction of sp³-hybridized carbons (Fsp3) is 0.833. The van der Waals surface area contributed by atoms with Crippen LogP contribution in [0.1, 0.15) is 160 Å². The van der Waals surface area contributed by atoms with E-state index in [1.54, 1.807) is 6.92 Å². The monoisotopic (exact) mass is 478 g/mol. The van der Waals surface area contributed by atoms with E-state index in [-0.39, 0.29) is 17.5 Å². The lowest BCUT2D eigenvalue weighted by atomic mass is 10.0. The van der Waals surface area contributed by atoms with Crippen LogP contribution in [-0.4, -0.2) is 11.1 Å². The summed E-state index contributed by atoms with van der Waals surface area (Å²) in [5.41, 5.74) is 0. The van der Waals surface area contributed by atoms with Crippen LogP contribution < -0.4 is 4.74 Å². The molecule has 0 aromatic carbocycles. The zero-order valence-corrected chi connectivity index (χ0v) is 22.7. The van der Waals surface area contributed by atoms with Crippen LogP contribution in [0.15, 0.2) is 4.42 Å². The van der Waals surface area contributed by atoms with Crippen LogP contribution in [0.2, 0.25) is 0 Å². The van der Waals surface area contributed by atoms with Crippen molar-refractivity contribution in [3.63, 3.8) is 0 Å². The van der Waals surface area contributed by atoms with Crippen molar-refractivity contribution >= 4 is 5.97 Å². The molecular weight excluding hydrogens is 424 g/mol. The number of esters is 1. The molecule has 1 N–H and O–H groups in total. The van der Waals surface area contributed by atoms with Gasteiger partial charge in [0.1, 0.15) is 11.5 Å². The SMILES string of the molecule is CCCCCCCCCCCCCCCCCCCCCCC(=O)Oc1c(C)oc(CC)c1O. The molecule has 198 valence electrons. The first-order chi connectivity index (χ1) is 16.6. The van der Waals surface area contributed by atoms with Gasteiger partial charge in [0.05, 0.1) is 0 Å². The predicted octanol–water partition coefficient (Wildman–Crippen LogP) is 9.97. The minimum atomic E-state index is -0.288. The van der Waals surface area contributed by atoms with E-state index in [1.807, 2.05) is 6.92 Å². The zero-order valence-electron chi connectivity index (χ0n) is 22.7. The second kappa shape index (κ2) is 20.9. The van der Waals surface area contributed by atoms with E-state index in [2.05, 4.69) is 6.92 Å². The summed E-state index contributed by atoms with van der Waals surface area (Å²) in [6.07, 6.45) is 27.9. The van der Waals surface area contributed by atoms with E-state index >= 15 is 0 Å². The van der Waals surface area contributed by atoms with Gasteiger partial charge in [-0.05, 0) is 13.3 Å². The highest BCUT2D eigenvalue weighted by atomic mass is 16.6. The molecule has 0 fully saturated rings. The van der Waals surface area contributed by atoms with Crippen molar-refractivity contribution in [2.45, 2.75) is 162 Å². The Balaban J connectivity index is 1.82. The van der Waals surface area contributed by atoms with Gasteiger partial charge in [0.2, 0.25) is 11.5 Å². The Labute approximate surface area is 210 Å². The molecule has 0 atom stereocenters. The fourth-order valence-corrected chi connectivity index (χ4v) is 4.62. The van der Waals surface area contributed by atoms with Gasteiger partial charge in [-0.1, -0.05) is 136 Å². The largest absolute Gasteiger partial charge is 0.502 e. The van der Waals surface area contributed by atoms with E-state index in [0.29, 0.717) is 24.4 Å². The van der Waals surface area contributed by atoms with Crippen LogP contribution in [0.3, 0.4) is 0 Å². The van der Waals surface area contributed by atoms with Crippen LogP contribution in [0, 0.1) is 6.92 Å². The molecule has 0 aliphatic carbocycles. The van der Waals surface area contributed by atoms with Crippen molar-refractivity contribution in [2.24, 2.45) is 0 Å². The Hall–Kier alpha value is -1.45. The molecule has 0 bridgehead atoms. The summed E-state index contributed by atoms with van der Waals surface area (Å²) < 4.78 is 10.7. The number of carbonyl (C=O) groups excluding carboxylic acids is 1. The molecule has 0 saturated heterocycles. The average molecular weight is 479 g/mol. The van der Waals surface area contributed by atoms with Crippen LogP contribution in [0.25, 0.3) is 0 Å². The standard InChI is InChI=1S/C30H54O4/c1-4-6-7-8-9-10-11-12-13-14-15-16-17-18-19-20-21-22-23-24-25-28(31)34-30-26(3)33-27(5-2)29(30)32/h32H,4-25H2,1-3H3. The maximum absolute atomic E-state index is 12.0. The molecule has 0 spiro atoms. The van der Waals surface area contributed by atoms with Crippen LogP contribution in [0.4, 0.5) is 0 Å². The molecule has 1 aromatic rings. The van der Waals surface area contributed by atoms with Gasteiger partial charge in [-0.3, -0.25) is 4.79 Å². The average Bonchev–Trinajstić information content (AvgIpc) is 3.10. The molecule has 0 aliphatic rings. The van der Waals surface area contributed by atoms with Gasteiger partial charge in [0.15, 0.2) is 0 Å². The summed E-state index contributed by atoms with van der Waals surface area (Å²) in [5.74, 6) is 0.807. The lowest BCUT2D eigenvalue weighted by Crippen LogP contribution is -2.07. The van der Waals surface area contributed by atoms with Crippen LogP contribution in [-0.2, 0) is 11.2 Å². The van der Waals surface area contributed by atoms with Crippen molar-refractivity contribution in [3.05, 3.63) is 11.5 Å². The van der Waals surface area contributed by atoms with Crippen molar-refractivity contribution in [2.75, 3.05) is 0 Å². The Morgan fingerprint density at radius 2 is 1.06 bits per heavy atom. The predicted molar refractivity (Wildman–Crippen MR) is 143 cm³/mol. The molecule has 0 aliphatic heterocycles. The van der Waals surface area contributed by atoms with Gasteiger partial charge < -0.3 is 14.3 Å². The fourth-order valence-electron chi connectivity index (χ4n) is 4.62. The molecule has 4 nitrogen and oxygen atoms in total. The van der Waals surface area contributed by atoms with E-state index in [4.69, 9.17) is 9.15 Å². The van der Waals surface area contributed by atoms with E-state index in [1.165, 1.54) is 116 Å². The Bertz CT molecular complexity index is 620. The third-order valence-corrected chi connectivity index (χ3v) is 6.85. The molecule has 1 aromatic heterocycles. The quantitative estimate of drug-likeness (QED) is 0.125. The Kier molecular flexibility index (Phi) is 18.8. The molecule has 4 heteroatoms. The maximum Gasteiger partial charge on any atom is 0.311 e. The second-order valence-electron chi connectivity index (χ2n) is 10.1. The summed E-state index contributed by atoms with van der Waals surface area (Å²) >= 11 is 0. The number of aromatic hydroxyl groups is 1. The molecule has 1 rings (SSSR count). The summed E-state index contributed by atoms with van der Waals surface area (Å²) in [6.45, 7) is 5.88. The molecule has 0 unspecified atom stereocenters. The number of hydrogen-bond acceptors (Lipinski definition) is 4. The number of furan rings is 1. The van der Waals surface area contributed by atoms with E-state index < -0.39 is 0 Å². The topological polar surface area (TPSA) is 59.7 Å². The molecule has 0 saturated carbocycles. The van der Waals surface area contributed by atoms with Gasteiger partial charge in [-0.15, -0.1) is 0 Å². The zero-order chi connectivity index (χ0) is 24.9. The molecule has 0 radical (unpaired) electrons. The summed E-state index contributed by atoms with van der Waals surface area (Å²) in [6, 6.07) is 0. The highest BCUT2D eigenvalue weighted by molar-refractivity contribution is 5.73. The van der Waals surface area contributed by atoms with Gasteiger partial charge in [0.25, 0.3) is 0 Å². The lowest BCUT2D eigenvalue weighted by Gasteiger charge is -2.05. The third kappa shape index (κ3) is 14.7.